The Labute approximate surface area is 121 Å². The van der Waals surface area contributed by atoms with Gasteiger partial charge < -0.3 is 15.6 Å². The first-order chi connectivity index (χ1) is 10.1. The van der Waals surface area contributed by atoms with Crippen LogP contribution in [0.3, 0.4) is 0 Å². The lowest BCUT2D eigenvalue weighted by molar-refractivity contribution is 0.414. The van der Waals surface area contributed by atoms with Crippen LogP contribution in [-0.4, -0.2) is 38.2 Å². The molecule has 0 amide bonds. The third-order valence-electron chi connectivity index (χ3n) is 4.02. The van der Waals surface area contributed by atoms with Crippen molar-refractivity contribution >= 4 is 17.1 Å². The third kappa shape index (κ3) is 2.46. The molecule has 3 N–H and O–H groups in total. The zero-order valence-corrected chi connectivity index (χ0v) is 12.3. The molecular weight excluding hydrogens is 272 g/mol. The topological polar surface area (TPSA) is 96.7 Å². The SMILES string of the molecule is Cn1c(=O)c2[nH]c(NCC3CCCCN3)nc2n(C)c1=O. The van der Waals surface area contributed by atoms with Crippen LogP contribution >= 0.6 is 0 Å². The van der Waals surface area contributed by atoms with Gasteiger partial charge in [0.2, 0.25) is 5.95 Å². The molecule has 1 saturated heterocycles. The van der Waals surface area contributed by atoms with Crippen molar-refractivity contribution < 1.29 is 0 Å². The standard InChI is InChI=1S/C13H20N6O2/c1-18-10-9(11(20)19(2)13(18)21)16-12(17-10)15-7-8-5-3-4-6-14-8/h8,14H,3-7H2,1-2H3,(H2,15,16,17). The summed E-state index contributed by atoms with van der Waals surface area (Å²) >= 11 is 0. The first-order valence-corrected chi connectivity index (χ1v) is 7.21. The van der Waals surface area contributed by atoms with Gasteiger partial charge in [0.25, 0.3) is 5.56 Å². The summed E-state index contributed by atoms with van der Waals surface area (Å²) in [5, 5.41) is 6.64. The molecule has 3 rings (SSSR count). The van der Waals surface area contributed by atoms with E-state index in [-0.39, 0.29) is 11.2 Å². The second-order valence-electron chi connectivity index (χ2n) is 5.52. The Morgan fingerprint density at radius 1 is 1.29 bits per heavy atom. The van der Waals surface area contributed by atoms with Gasteiger partial charge >= 0.3 is 5.69 Å². The van der Waals surface area contributed by atoms with E-state index in [1.54, 1.807) is 7.05 Å². The van der Waals surface area contributed by atoms with Crippen LogP contribution in [0.1, 0.15) is 19.3 Å². The number of hydrogen-bond donors (Lipinski definition) is 3. The zero-order chi connectivity index (χ0) is 15.0. The van der Waals surface area contributed by atoms with Crippen LogP contribution in [0, 0.1) is 0 Å². The van der Waals surface area contributed by atoms with E-state index >= 15 is 0 Å². The molecule has 1 atom stereocenters. The first-order valence-electron chi connectivity index (χ1n) is 7.21. The highest BCUT2D eigenvalue weighted by atomic mass is 16.2. The van der Waals surface area contributed by atoms with Crippen LogP contribution < -0.4 is 21.9 Å². The number of nitrogens with one attached hydrogen (secondary N) is 3. The molecule has 114 valence electrons. The zero-order valence-electron chi connectivity index (χ0n) is 12.3. The molecule has 0 saturated carbocycles. The lowest BCUT2D eigenvalue weighted by Gasteiger charge is -2.23. The van der Waals surface area contributed by atoms with E-state index in [1.165, 1.54) is 24.5 Å². The number of fused-ring (bicyclic) bond motifs is 1. The summed E-state index contributed by atoms with van der Waals surface area (Å²) in [5.74, 6) is 0.524. The number of aromatic amines is 1. The molecule has 0 bridgehead atoms. The number of nitrogens with zero attached hydrogens (tertiary/aromatic N) is 3. The van der Waals surface area contributed by atoms with Crippen molar-refractivity contribution in [1.82, 2.24) is 24.4 Å². The van der Waals surface area contributed by atoms with Crippen molar-refractivity contribution in [3.63, 3.8) is 0 Å². The number of aryl methyl sites for hydroxylation is 1. The molecule has 8 nitrogen and oxygen atoms in total. The molecule has 8 heteroatoms. The van der Waals surface area contributed by atoms with Crippen LogP contribution in [0.25, 0.3) is 11.2 Å². The van der Waals surface area contributed by atoms with Crippen molar-refractivity contribution in [3.8, 4) is 0 Å². The van der Waals surface area contributed by atoms with Crippen molar-refractivity contribution in [3.05, 3.63) is 20.8 Å². The highest BCUT2D eigenvalue weighted by molar-refractivity contribution is 5.72. The van der Waals surface area contributed by atoms with Crippen molar-refractivity contribution in [2.45, 2.75) is 25.3 Å². The lowest BCUT2D eigenvalue weighted by Crippen LogP contribution is -2.39. The normalized spacial score (nSPS) is 19.0. The highest BCUT2D eigenvalue weighted by Crippen LogP contribution is 2.10. The molecule has 1 fully saturated rings. The van der Waals surface area contributed by atoms with E-state index < -0.39 is 0 Å². The number of H-pyrrole nitrogens is 1. The molecule has 0 spiro atoms. The van der Waals surface area contributed by atoms with Crippen LogP contribution in [0.5, 0.6) is 0 Å². The third-order valence-corrected chi connectivity index (χ3v) is 4.02. The fourth-order valence-corrected chi connectivity index (χ4v) is 2.73. The lowest BCUT2D eigenvalue weighted by atomic mass is 10.1. The van der Waals surface area contributed by atoms with Crippen molar-refractivity contribution in [1.29, 1.82) is 0 Å². The maximum absolute atomic E-state index is 12.1. The minimum atomic E-state index is -0.375. The van der Waals surface area contributed by atoms with Gasteiger partial charge in [-0.15, -0.1) is 0 Å². The van der Waals surface area contributed by atoms with Gasteiger partial charge in [-0.3, -0.25) is 13.9 Å². The van der Waals surface area contributed by atoms with Crippen molar-refractivity contribution in [2.24, 2.45) is 14.1 Å². The Morgan fingerprint density at radius 2 is 2.10 bits per heavy atom. The quantitative estimate of drug-likeness (QED) is 0.709. The minimum absolute atomic E-state index is 0.346. The Hall–Kier alpha value is -2.09. The second kappa shape index (κ2) is 5.36. The largest absolute Gasteiger partial charge is 0.354 e. The van der Waals surface area contributed by atoms with Gasteiger partial charge in [0, 0.05) is 26.7 Å². The molecule has 0 aliphatic carbocycles. The Morgan fingerprint density at radius 3 is 2.81 bits per heavy atom. The maximum atomic E-state index is 12.1. The highest BCUT2D eigenvalue weighted by Gasteiger charge is 2.15. The summed E-state index contributed by atoms with van der Waals surface area (Å²) in [6.45, 7) is 1.79. The van der Waals surface area contributed by atoms with Crippen LogP contribution in [0.4, 0.5) is 5.95 Å². The predicted molar refractivity (Wildman–Crippen MR) is 80.7 cm³/mol. The summed E-state index contributed by atoms with van der Waals surface area (Å²) in [6.07, 6.45) is 3.58. The van der Waals surface area contributed by atoms with Crippen molar-refractivity contribution in [2.75, 3.05) is 18.4 Å². The van der Waals surface area contributed by atoms with Crippen LogP contribution in [0.2, 0.25) is 0 Å². The average Bonchev–Trinajstić information content (AvgIpc) is 2.94. The molecule has 1 aliphatic heterocycles. The number of anilines is 1. The van der Waals surface area contributed by atoms with Crippen LogP contribution in [-0.2, 0) is 14.1 Å². The average molecular weight is 292 g/mol. The van der Waals surface area contributed by atoms with Gasteiger partial charge in [-0.1, -0.05) is 6.42 Å². The van der Waals surface area contributed by atoms with Gasteiger partial charge in [0.05, 0.1) is 0 Å². The number of imidazole rings is 1. The fourth-order valence-electron chi connectivity index (χ4n) is 2.73. The first kappa shape index (κ1) is 13.9. The number of piperidine rings is 1. The van der Waals surface area contributed by atoms with E-state index in [0.29, 0.717) is 23.2 Å². The van der Waals surface area contributed by atoms with Gasteiger partial charge in [-0.05, 0) is 19.4 Å². The summed E-state index contributed by atoms with van der Waals surface area (Å²) in [7, 11) is 3.07. The monoisotopic (exact) mass is 292 g/mol. The van der Waals surface area contributed by atoms with Crippen LogP contribution in [0.15, 0.2) is 9.59 Å². The van der Waals surface area contributed by atoms with E-state index in [2.05, 4.69) is 20.6 Å². The molecule has 3 heterocycles. The van der Waals surface area contributed by atoms with E-state index in [1.807, 2.05) is 0 Å². The fraction of sp³-hybridized carbons (Fsp3) is 0.615. The molecule has 1 aliphatic rings. The second-order valence-corrected chi connectivity index (χ2v) is 5.52. The minimum Gasteiger partial charge on any atom is -0.354 e. The number of hydrogen-bond acceptors (Lipinski definition) is 5. The summed E-state index contributed by atoms with van der Waals surface area (Å²) in [5.41, 5.74) is -0.00940. The molecule has 2 aromatic heterocycles. The Kier molecular flexibility index (Phi) is 3.54. The Balaban J connectivity index is 1.87. The smallest absolute Gasteiger partial charge is 0.332 e. The maximum Gasteiger partial charge on any atom is 0.332 e. The summed E-state index contributed by atoms with van der Waals surface area (Å²) in [4.78, 5) is 31.2. The van der Waals surface area contributed by atoms with Gasteiger partial charge in [-0.2, -0.15) is 4.98 Å². The summed E-state index contributed by atoms with van der Waals surface area (Å²) < 4.78 is 2.45. The number of aromatic nitrogens is 4. The Bertz CT molecular complexity index is 765. The molecule has 21 heavy (non-hydrogen) atoms. The molecule has 0 radical (unpaired) electrons. The predicted octanol–water partition coefficient (Wildman–Crippen LogP) is -0.486. The van der Waals surface area contributed by atoms with E-state index in [4.69, 9.17) is 0 Å². The summed E-state index contributed by atoms with van der Waals surface area (Å²) in [6, 6.07) is 0.415. The molecule has 0 aromatic carbocycles. The van der Waals surface area contributed by atoms with E-state index in [9.17, 15) is 9.59 Å². The molecule has 2 aromatic rings. The van der Waals surface area contributed by atoms with Gasteiger partial charge in [0.1, 0.15) is 0 Å². The molecular formula is C13H20N6O2. The van der Waals surface area contributed by atoms with Gasteiger partial charge in [-0.25, -0.2) is 4.79 Å². The number of rotatable bonds is 3. The van der Waals surface area contributed by atoms with E-state index in [0.717, 1.165) is 24.1 Å². The molecule has 1 unspecified atom stereocenters. The van der Waals surface area contributed by atoms with Gasteiger partial charge in [0.15, 0.2) is 11.2 Å².